The molecule has 0 spiro atoms. The number of aromatic nitrogens is 4. The van der Waals surface area contributed by atoms with Crippen molar-refractivity contribution in [2.75, 3.05) is 0 Å². The summed E-state index contributed by atoms with van der Waals surface area (Å²) in [5.41, 5.74) is 1.88. The fourth-order valence-electron chi connectivity index (χ4n) is 2.33. The molecule has 3 rings (SSSR count). The smallest absolute Gasteiger partial charge is 0.251 e. The predicted molar refractivity (Wildman–Crippen MR) is 92.9 cm³/mol. The largest absolute Gasteiger partial charge is 0.348 e. The number of nitrogens with one attached hydrogen (secondary N) is 1. The molecule has 134 valence electrons. The summed E-state index contributed by atoms with van der Waals surface area (Å²) < 4.78 is 24.0. The molecule has 1 amide bonds. The second-order valence-electron chi connectivity index (χ2n) is 5.56. The van der Waals surface area contributed by atoms with Crippen molar-refractivity contribution in [2.24, 2.45) is 5.14 Å². The maximum atomic E-state index is 12.4. The highest BCUT2D eigenvalue weighted by Crippen LogP contribution is 2.12. The molecule has 0 fully saturated rings. The second-order valence-corrected chi connectivity index (χ2v) is 7.12. The van der Waals surface area contributed by atoms with E-state index in [9.17, 15) is 13.2 Å². The zero-order valence-electron chi connectivity index (χ0n) is 13.8. The zero-order valence-corrected chi connectivity index (χ0v) is 14.6. The van der Waals surface area contributed by atoms with E-state index in [2.05, 4.69) is 20.8 Å². The molecule has 10 heteroatoms. The molecule has 1 aromatic heterocycles. The molecule has 0 atom stereocenters. The van der Waals surface area contributed by atoms with Crippen molar-refractivity contribution >= 4 is 15.9 Å². The van der Waals surface area contributed by atoms with E-state index < -0.39 is 10.0 Å². The van der Waals surface area contributed by atoms with Crippen LogP contribution in [0.2, 0.25) is 0 Å². The molecule has 0 aliphatic heterocycles. The minimum absolute atomic E-state index is 0.0251. The molecule has 1 heterocycles. The van der Waals surface area contributed by atoms with Crippen LogP contribution in [0.25, 0.3) is 5.69 Å². The Bertz CT molecular complexity index is 1040. The maximum Gasteiger partial charge on any atom is 0.251 e. The minimum atomic E-state index is -3.73. The average Bonchev–Trinajstić information content (AvgIpc) is 3.05. The number of carbonyl (C=O) groups excluding carboxylic acids is 1. The molecule has 0 aliphatic carbocycles. The lowest BCUT2D eigenvalue weighted by molar-refractivity contribution is 0.0951. The normalized spacial score (nSPS) is 11.3. The number of nitrogens with zero attached hydrogens (tertiary/aromatic N) is 4. The first kappa shape index (κ1) is 17.7. The van der Waals surface area contributed by atoms with Crippen LogP contribution in [0.15, 0.2) is 53.4 Å². The molecule has 2 aromatic carbocycles. The highest BCUT2D eigenvalue weighted by atomic mass is 32.2. The number of amides is 1. The molecule has 0 bridgehead atoms. The molecule has 3 aromatic rings. The number of tetrazole rings is 1. The third kappa shape index (κ3) is 3.92. The summed E-state index contributed by atoms with van der Waals surface area (Å²) in [5, 5.41) is 19.1. The van der Waals surface area contributed by atoms with Gasteiger partial charge in [0.1, 0.15) is 0 Å². The van der Waals surface area contributed by atoms with Gasteiger partial charge in [0.2, 0.25) is 10.0 Å². The van der Waals surface area contributed by atoms with Gasteiger partial charge in [0, 0.05) is 12.1 Å². The maximum absolute atomic E-state index is 12.4. The number of hydrogen-bond acceptors (Lipinski definition) is 6. The van der Waals surface area contributed by atoms with E-state index in [1.807, 2.05) is 0 Å². The van der Waals surface area contributed by atoms with Gasteiger partial charge in [-0.05, 0) is 53.2 Å². The molecule has 3 N–H and O–H groups in total. The minimum Gasteiger partial charge on any atom is -0.348 e. The number of carbonyl (C=O) groups is 1. The van der Waals surface area contributed by atoms with E-state index in [4.69, 9.17) is 5.14 Å². The molecule has 26 heavy (non-hydrogen) atoms. The summed E-state index contributed by atoms with van der Waals surface area (Å²) in [4.78, 5) is 12.4. The topological polar surface area (TPSA) is 133 Å². The van der Waals surface area contributed by atoms with Crippen LogP contribution in [0.3, 0.4) is 0 Å². The number of primary sulfonamides is 1. The zero-order chi connectivity index (χ0) is 18.7. The number of nitrogens with two attached hydrogens (primary N) is 1. The summed E-state index contributed by atoms with van der Waals surface area (Å²) in [6.45, 7) is 2.01. The van der Waals surface area contributed by atoms with Gasteiger partial charge in [0.25, 0.3) is 5.91 Å². The van der Waals surface area contributed by atoms with Gasteiger partial charge in [0.05, 0.1) is 10.6 Å². The molecule has 0 saturated heterocycles. The molecule has 9 nitrogen and oxygen atoms in total. The monoisotopic (exact) mass is 372 g/mol. The molecule has 0 radical (unpaired) electrons. The van der Waals surface area contributed by atoms with Gasteiger partial charge < -0.3 is 5.32 Å². The van der Waals surface area contributed by atoms with Crippen LogP contribution in [-0.4, -0.2) is 34.5 Å². The van der Waals surface area contributed by atoms with Gasteiger partial charge in [0.15, 0.2) is 5.82 Å². The van der Waals surface area contributed by atoms with E-state index >= 15 is 0 Å². The summed E-state index contributed by atoms with van der Waals surface area (Å²) in [7, 11) is -3.73. The fraction of sp³-hybridized carbons (Fsp3) is 0.125. The van der Waals surface area contributed by atoms with Gasteiger partial charge in [-0.1, -0.05) is 18.2 Å². The molecule has 0 saturated carbocycles. The van der Waals surface area contributed by atoms with Crippen LogP contribution in [0.1, 0.15) is 21.7 Å². The Balaban J connectivity index is 1.70. The number of aryl methyl sites for hydroxylation is 1. The fourth-order valence-corrected chi connectivity index (χ4v) is 2.85. The van der Waals surface area contributed by atoms with Crippen LogP contribution >= 0.6 is 0 Å². The van der Waals surface area contributed by atoms with Crippen LogP contribution < -0.4 is 10.5 Å². The van der Waals surface area contributed by atoms with Crippen molar-refractivity contribution < 1.29 is 13.2 Å². The van der Waals surface area contributed by atoms with Crippen LogP contribution in [-0.2, 0) is 16.6 Å². The number of sulfonamides is 1. The molecular weight excluding hydrogens is 356 g/mol. The Morgan fingerprint density at radius 2 is 1.92 bits per heavy atom. The van der Waals surface area contributed by atoms with E-state index in [1.165, 1.54) is 16.8 Å². The summed E-state index contributed by atoms with van der Waals surface area (Å²) >= 11 is 0. The van der Waals surface area contributed by atoms with Crippen LogP contribution in [0, 0.1) is 6.92 Å². The van der Waals surface area contributed by atoms with Gasteiger partial charge >= 0.3 is 0 Å². The first-order valence-electron chi connectivity index (χ1n) is 7.60. The van der Waals surface area contributed by atoms with E-state index in [0.29, 0.717) is 17.1 Å². The third-order valence-corrected chi connectivity index (χ3v) is 4.61. The Morgan fingerprint density at radius 3 is 2.54 bits per heavy atom. The Morgan fingerprint density at radius 1 is 1.19 bits per heavy atom. The molecule has 0 unspecified atom stereocenters. The summed E-state index contributed by atoms with van der Waals surface area (Å²) in [5.74, 6) is 0.339. The lowest BCUT2D eigenvalue weighted by atomic mass is 10.1. The molecule has 0 aliphatic rings. The van der Waals surface area contributed by atoms with Crippen molar-refractivity contribution in [3.63, 3.8) is 0 Å². The van der Waals surface area contributed by atoms with Crippen molar-refractivity contribution in [2.45, 2.75) is 18.4 Å². The predicted octanol–water partition coefficient (Wildman–Crippen LogP) is 0.548. The van der Waals surface area contributed by atoms with Crippen LogP contribution in [0.4, 0.5) is 0 Å². The highest BCUT2D eigenvalue weighted by Gasteiger charge is 2.10. The van der Waals surface area contributed by atoms with Crippen molar-refractivity contribution in [1.29, 1.82) is 0 Å². The van der Waals surface area contributed by atoms with Crippen molar-refractivity contribution in [1.82, 2.24) is 25.5 Å². The first-order valence-corrected chi connectivity index (χ1v) is 9.14. The van der Waals surface area contributed by atoms with Crippen LogP contribution in [0.5, 0.6) is 0 Å². The number of rotatable bonds is 5. The van der Waals surface area contributed by atoms with Gasteiger partial charge in [-0.25, -0.2) is 13.6 Å². The third-order valence-electron chi connectivity index (χ3n) is 3.68. The lowest BCUT2D eigenvalue weighted by Gasteiger charge is -2.08. The molecular formula is C16H16N6O3S. The second kappa shape index (κ2) is 7.02. The van der Waals surface area contributed by atoms with E-state index in [0.717, 1.165) is 5.56 Å². The highest BCUT2D eigenvalue weighted by molar-refractivity contribution is 7.89. The SMILES string of the molecule is Cc1nnnn1-c1cccc(C(=O)NCc2ccc(S(N)(=O)=O)cc2)c1. The number of hydrogen-bond donors (Lipinski definition) is 2. The summed E-state index contributed by atoms with van der Waals surface area (Å²) in [6, 6.07) is 12.9. The quantitative estimate of drug-likeness (QED) is 0.672. The van der Waals surface area contributed by atoms with Crippen molar-refractivity contribution in [3.8, 4) is 5.69 Å². The van der Waals surface area contributed by atoms with E-state index in [1.54, 1.807) is 43.3 Å². The average molecular weight is 372 g/mol. The first-order chi connectivity index (χ1) is 12.3. The van der Waals surface area contributed by atoms with Gasteiger partial charge in [-0.15, -0.1) is 5.10 Å². The standard InChI is InChI=1S/C16H16N6O3S/c1-11-19-20-21-22(11)14-4-2-3-13(9-14)16(23)18-10-12-5-7-15(8-6-12)26(17,24)25/h2-9H,10H2,1H3,(H,18,23)(H2,17,24,25). The van der Waals surface area contributed by atoms with E-state index in [-0.39, 0.29) is 17.3 Å². The Kier molecular flexibility index (Phi) is 4.78. The lowest BCUT2D eigenvalue weighted by Crippen LogP contribution is -2.23. The number of benzene rings is 2. The van der Waals surface area contributed by atoms with Gasteiger partial charge in [-0.2, -0.15) is 4.68 Å². The Hall–Kier alpha value is -3.11. The van der Waals surface area contributed by atoms with Crippen molar-refractivity contribution in [3.05, 3.63) is 65.5 Å². The summed E-state index contributed by atoms with van der Waals surface area (Å²) in [6.07, 6.45) is 0. The van der Waals surface area contributed by atoms with Gasteiger partial charge in [-0.3, -0.25) is 4.79 Å². The Labute approximate surface area is 149 Å².